The molecule has 0 spiro atoms. The molecular weight excluding hydrogens is 314 g/mol. The fraction of sp³-hybridized carbons (Fsp3) is 0.222. The molecule has 5 heteroatoms. The summed E-state index contributed by atoms with van der Waals surface area (Å²) in [6.07, 6.45) is 0.144. The maximum atomic E-state index is 11.9. The lowest BCUT2D eigenvalue weighted by Gasteiger charge is -2.11. The van der Waals surface area contributed by atoms with Crippen LogP contribution in [0.25, 0.3) is 0 Å². The third kappa shape index (κ3) is 4.83. The second-order valence-corrected chi connectivity index (χ2v) is 5.65. The Morgan fingerprint density at radius 1 is 1.04 bits per heavy atom. The van der Waals surface area contributed by atoms with Crippen LogP contribution >= 0.6 is 11.6 Å². The van der Waals surface area contributed by atoms with Gasteiger partial charge in [-0.25, -0.2) is 0 Å². The van der Waals surface area contributed by atoms with Crippen molar-refractivity contribution in [3.63, 3.8) is 0 Å². The molecule has 0 aliphatic heterocycles. The number of halogens is 1. The third-order valence-electron chi connectivity index (χ3n) is 3.45. The highest BCUT2D eigenvalue weighted by atomic mass is 35.5. The fourth-order valence-electron chi connectivity index (χ4n) is 2.13. The number of carbonyl (C=O) groups excluding carboxylic acids is 2. The number of anilines is 1. The summed E-state index contributed by atoms with van der Waals surface area (Å²) in [5, 5.41) is 3.11. The highest BCUT2D eigenvalue weighted by molar-refractivity contribution is 6.33. The molecule has 0 aliphatic carbocycles. The molecule has 0 atom stereocenters. The van der Waals surface area contributed by atoms with E-state index in [2.05, 4.69) is 5.32 Å². The van der Waals surface area contributed by atoms with E-state index in [0.717, 1.165) is 16.7 Å². The summed E-state index contributed by atoms with van der Waals surface area (Å²) in [6, 6.07) is 12.9. The quantitative estimate of drug-likeness (QED) is 0.850. The lowest BCUT2D eigenvalue weighted by atomic mass is 10.1. The van der Waals surface area contributed by atoms with E-state index < -0.39 is 11.9 Å². The van der Waals surface area contributed by atoms with Crippen LogP contribution in [0.4, 0.5) is 5.69 Å². The van der Waals surface area contributed by atoms with Gasteiger partial charge in [-0.3, -0.25) is 9.59 Å². The van der Waals surface area contributed by atoms with Gasteiger partial charge in [-0.15, -0.1) is 0 Å². The Balaban J connectivity index is 1.87. The third-order valence-corrected chi connectivity index (χ3v) is 3.76. The molecule has 0 bridgehead atoms. The summed E-state index contributed by atoms with van der Waals surface area (Å²) in [6.45, 7) is 3.43. The Bertz CT molecular complexity index is 708. The summed E-state index contributed by atoms with van der Waals surface area (Å²) in [4.78, 5) is 23.7. The minimum atomic E-state index is -0.440. The van der Waals surface area contributed by atoms with Gasteiger partial charge in [0.1, 0.15) is 0 Å². The standard InChI is InChI=1S/C18H18ClNO3/c1-12-6-3-4-8-14(12)10-17(22)23-11-16(21)20-18-13(2)7-5-9-15(18)19/h3-9H,10-11H2,1-2H3,(H,20,21). The number of hydrogen-bond acceptors (Lipinski definition) is 3. The predicted octanol–water partition coefficient (Wildman–Crippen LogP) is 3.68. The van der Waals surface area contributed by atoms with Crippen LogP contribution in [0.2, 0.25) is 5.02 Å². The van der Waals surface area contributed by atoms with E-state index >= 15 is 0 Å². The first-order valence-corrected chi connectivity index (χ1v) is 7.60. The van der Waals surface area contributed by atoms with Gasteiger partial charge in [0.2, 0.25) is 0 Å². The molecule has 0 saturated carbocycles. The molecule has 23 heavy (non-hydrogen) atoms. The summed E-state index contributed by atoms with van der Waals surface area (Å²) in [5.74, 6) is -0.857. The van der Waals surface area contributed by atoms with Crippen LogP contribution in [0.3, 0.4) is 0 Å². The number of nitrogens with one attached hydrogen (secondary N) is 1. The zero-order chi connectivity index (χ0) is 16.8. The van der Waals surface area contributed by atoms with Crippen molar-refractivity contribution < 1.29 is 14.3 Å². The molecule has 0 fully saturated rings. The van der Waals surface area contributed by atoms with E-state index in [1.54, 1.807) is 12.1 Å². The second-order valence-electron chi connectivity index (χ2n) is 5.24. The van der Waals surface area contributed by atoms with Crippen molar-refractivity contribution in [2.45, 2.75) is 20.3 Å². The Labute approximate surface area is 140 Å². The van der Waals surface area contributed by atoms with Crippen molar-refractivity contribution in [2.75, 3.05) is 11.9 Å². The number of aryl methyl sites for hydroxylation is 2. The van der Waals surface area contributed by atoms with Crippen molar-refractivity contribution in [3.8, 4) is 0 Å². The smallest absolute Gasteiger partial charge is 0.310 e. The van der Waals surface area contributed by atoms with Gasteiger partial charge in [0.05, 0.1) is 17.1 Å². The molecule has 120 valence electrons. The van der Waals surface area contributed by atoms with Crippen LogP contribution in [0.5, 0.6) is 0 Å². The Morgan fingerprint density at radius 2 is 1.74 bits per heavy atom. The molecule has 0 aromatic heterocycles. The highest BCUT2D eigenvalue weighted by Crippen LogP contribution is 2.25. The second kappa shape index (κ2) is 7.79. The van der Waals surface area contributed by atoms with E-state index in [1.807, 2.05) is 44.2 Å². The molecule has 0 aliphatic rings. The van der Waals surface area contributed by atoms with Crippen LogP contribution in [0, 0.1) is 13.8 Å². The maximum Gasteiger partial charge on any atom is 0.310 e. The number of rotatable bonds is 5. The van der Waals surface area contributed by atoms with Crippen molar-refractivity contribution in [1.82, 2.24) is 0 Å². The molecule has 0 saturated heterocycles. The zero-order valence-electron chi connectivity index (χ0n) is 13.1. The molecule has 4 nitrogen and oxygen atoms in total. The van der Waals surface area contributed by atoms with Gasteiger partial charge in [-0.05, 0) is 36.6 Å². The van der Waals surface area contributed by atoms with Gasteiger partial charge in [0.25, 0.3) is 5.91 Å². The SMILES string of the molecule is Cc1ccccc1CC(=O)OCC(=O)Nc1c(C)cccc1Cl. The van der Waals surface area contributed by atoms with Gasteiger partial charge in [-0.1, -0.05) is 48.0 Å². The summed E-state index contributed by atoms with van der Waals surface area (Å²) >= 11 is 6.04. The summed E-state index contributed by atoms with van der Waals surface area (Å²) < 4.78 is 5.02. The molecule has 0 radical (unpaired) electrons. The zero-order valence-corrected chi connectivity index (χ0v) is 13.8. The van der Waals surface area contributed by atoms with Gasteiger partial charge in [0.15, 0.2) is 6.61 Å². The first kappa shape index (κ1) is 17.0. The van der Waals surface area contributed by atoms with Crippen molar-refractivity contribution in [3.05, 3.63) is 64.2 Å². The number of esters is 1. The lowest BCUT2D eigenvalue weighted by Crippen LogP contribution is -2.22. The van der Waals surface area contributed by atoms with E-state index in [9.17, 15) is 9.59 Å². The summed E-state index contributed by atoms with van der Waals surface area (Å²) in [7, 11) is 0. The fourth-order valence-corrected chi connectivity index (χ4v) is 2.40. The molecule has 0 heterocycles. The minimum Gasteiger partial charge on any atom is -0.455 e. The van der Waals surface area contributed by atoms with Gasteiger partial charge in [0, 0.05) is 0 Å². The van der Waals surface area contributed by atoms with Crippen molar-refractivity contribution >= 4 is 29.2 Å². The maximum absolute atomic E-state index is 11.9. The highest BCUT2D eigenvalue weighted by Gasteiger charge is 2.12. The van der Waals surface area contributed by atoms with Gasteiger partial charge >= 0.3 is 5.97 Å². The number of ether oxygens (including phenoxy) is 1. The van der Waals surface area contributed by atoms with E-state index in [4.69, 9.17) is 16.3 Å². The van der Waals surface area contributed by atoms with Crippen molar-refractivity contribution in [1.29, 1.82) is 0 Å². The van der Waals surface area contributed by atoms with Crippen LogP contribution in [0.15, 0.2) is 42.5 Å². The van der Waals surface area contributed by atoms with E-state index in [0.29, 0.717) is 10.7 Å². The molecule has 1 N–H and O–H groups in total. The number of hydrogen-bond donors (Lipinski definition) is 1. The predicted molar refractivity (Wildman–Crippen MR) is 90.7 cm³/mol. The average Bonchev–Trinajstić information content (AvgIpc) is 2.51. The van der Waals surface area contributed by atoms with E-state index in [1.165, 1.54) is 0 Å². The minimum absolute atomic E-state index is 0.144. The molecule has 0 unspecified atom stereocenters. The number of carbonyl (C=O) groups is 2. The average molecular weight is 332 g/mol. The van der Waals surface area contributed by atoms with Crippen LogP contribution in [-0.4, -0.2) is 18.5 Å². The Kier molecular flexibility index (Phi) is 5.77. The molecule has 2 aromatic rings. The van der Waals surface area contributed by atoms with Crippen LogP contribution in [-0.2, 0) is 20.7 Å². The van der Waals surface area contributed by atoms with E-state index in [-0.39, 0.29) is 13.0 Å². The molecule has 2 aromatic carbocycles. The largest absolute Gasteiger partial charge is 0.455 e. The first-order valence-electron chi connectivity index (χ1n) is 7.22. The topological polar surface area (TPSA) is 55.4 Å². The van der Waals surface area contributed by atoms with Gasteiger partial charge < -0.3 is 10.1 Å². The van der Waals surface area contributed by atoms with Gasteiger partial charge in [-0.2, -0.15) is 0 Å². The summed E-state index contributed by atoms with van der Waals surface area (Å²) in [5.41, 5.74) is 3.28. The normalized spacial score (nSPS) is 10.2. The molecule has 2 rings (SSSR count). The van der Waals surface area contributed by atoms with Crippen molar-refractivity contribution in [2.24, 2.45) is 0 Å². The lowest BCUT2D eigenvalue weighted by molar-refractivity contribution is -0.146. The Morgan fingerprint density at radius 3 is 2.43 bits per heavy atom. The number of para-hydroxylation sites is 1. The Hall–Kier alpha value is -2.33. The van der Waals surface area contributed by atoms with Crippen LogP contribution < -0.4 is 5.32 Å². The molecule has 1 amide bonds. The number of benzene rings is 2. The first-order chi connectivity index (χ1) is 11.0. The van der Waals surface area contributed by atoms with Crippen LogP contribution in [0.1, 0.15) is 16.7 Å². The monoisotopic (exact) mass is 331 g/mol. The number of amides is 1. The molecular formula is C18H18ClNO3.